The maximum Gasteiger partial charge on any atom is 0.173 e. The summed E-state index contributed by atoms with van der Waals surface area (Å²) in [4.78, 5) is 4.53. The van der Waals surface area contributed by atoms with Crippen LogP contribution in [0.4, 0.5) is 0 Å². The molecular formula is C19H20N2O2S. The average molecular weight is 340 g/mol. The number of imidazole rings is 1. The molecular weight excluding hydrogens is 320 g/mol. The van der Waals surface area contributed by atoms with Crippen LogP contribution in [0.15, 0.2) is 66.0 Å². The number of aliphatic hydroxyl groups excluding tert-OH is 2. The molecule has 2 aromatic carbocycles. The van der Waals surface area contributed by atoms with Gasteiger partial charge in [-0.2, -0.15) is 0 Å². The van der Waals surface area contributed by atoms with Crippen molar-refractivity contribution in [1.29, 1.82) is 0 Å². The monoisotopic (exact) mass is 340 g/mol. The quantitative estimate of drug-likeness (QED) is 0.676. The Labute approximate surface area is 145 Å². The van der Waals surface area contributed by atoms with Crippen LogP contribution in [0.2, 0.25) is 0 Å². The molecule has 3 aromatic rings. The first kappa shape index (κ1) is 16.8. The van der Waals surface area contributed by atoms with Crippen molar-refractivity contribution in [1.82, 2.24) is 9.55 Å². The molecule has 0 radical (unpaired) electrons. The van der Waals surface area contributed by atoms with E-state index >= 15 is 0 Å². The Morgan fingerprint density at radius 3 is 2.46 bits per heavy atom. The number of thioether (sulfide) groups is 1. The summed E-state index contributed by atoms with van der Waals surface area (Å²) in [7, 11) is 0. The Hall–Kier alpha value is -2.08. The standard InChI is InChI=1S/C19H20N2O2S/c1-14-7-9-16(10-8-14)21-18(15-5-3-2-4-6-15)11-20-19(21)24-13-17(23)12-22/h2-11,17,22-23H,12-13H2,1H3. The van der Waals surface area contributed by atoms with E-state index in [2.05, 4.69) is 52.9 Å². The third kappa shape index (κ3) is 3.70. The number of aliphatic hydroxyl groups is 2. The molecule has 24 heavy (non-hydrogen) atoms. The normalized spacial score (nSPS) is 12.3. The van der Waals surface area contributed by atoms with Crippen molar-refractivity contribution in [3.8, 4) is 16.9 Å². The lowest BCUT2D eigenvalue weighted by atomic mass is 10.1. The van der Waals surface area contributed by atoms with E-state index in [1.807, 2.05) is 24.4 Å². The average Bonchev–Trinajstić information content (AvgIpc) is 3.05. The van der Waals surface area contributed by atoms with Crippen LogP contribution in [0, 0.1) is 6.92 Å². The van der Waals surface area contributed by atoms with Gasteiger partial charge in [-0.05, 0) is 19.1 Å². The van der Waals surface area contributed by atoms with Crippen LogP contribution >= 0.6 is 11.8 Å². The number of benzene rings is 2. The fourth-order valence-corrected chi connectivity index (χ4v) is 3.32. The Bertz CT molecular complexity index is 785. The highest BCUT2D eigenvalue weighted by Crippen LogP contribution is 2.30. The first-order chi connectivity index (χ1) is 11.7. The first-order valence-electron chi connectivity index (χ1n) is 7.81. The lowest BCUT2D eigenvalue weighted by Crippen LogP contribution is -2.15. The van der Waals surface area contributed by atoms with Gasteiger partial charge in [0, 0.05) is 17.0 Å². The smallest absolute Gasteiger partial charge is 0.173 e. The van der Waals surface area contributed by atoms with E-state index in [4.69, 9.17) is 5.11 Å². The largest absolute Gasteiger partial charge is 0.394 e. The van der Waals surface area contributed by atoms with Gasteiger partial charge >= 0.3 is 0 Å². The minimum absolute atomic E-state index is 0.246. The molecule has 124 valence electrons. The second-order valence-electron chi connectivity index (χ2n) is 5.61. The zero-order valence-electron chi connectivity index (χ0n) is 13.5. The van der Waals surface area contributed by atoms with E-state index in [9.17, 15) is 5.11 Å². The number of rotatable bonds is 6. The number of hydrogen-bond acceptors (Lipinski definition) is 4. The number of nitrogens with zero attached hydrogens (tertiary/aromatic N) is 2. The predicted octanol–water partition coefficient (Wildman–Crippen LogP) is 3.29. The van der Waals surface area contributed by atoms with Crippen molar-refractivity contribution in [2.24, 2.45) is 0 Å². The van der Waals surface area contributed by atoms with Crippen molar-refractivity contribution in [2.45, 2.75) is 18.2 Å². The number of aromatic nitrogens is 2. The predicted molar refractivity (Wildman–Crippen MR) is 97.6 cm³/mol. The van der Waals surface area contributed by atoms with Crippen molar-refractivity contribution in [3.63, 3.8) is 0 Å². The molecule has 1 aromatic heterocycles. The van der Waals surface area contributed by atoms with Gasteiger partial charge in [-0.25, -0.2) is 4.98 Å². The summed E-state index contributed by atoms with van der Waals surface area (Å²) in [5.41, 5.74) is 4.31. The SMILES string of the molecule is Cc1ccc(-n2c(-c3ccccc3)cnc2SCC(O)CO)cc1. The van der Waals surface area contributed by atoms with Crippen LogP contribution < -0.4 is 0 Å². The second-order valence-corrected chi connectivity index (χ2v) is 6.60. The van der Waals surface area contributed by atoms with Gasteiger partial charge in [-0.1, -0.05) is 59.8 Å². The van der Waals surface area contributed by atoms with E-state index in [1.165, 1.54) is 17.3 Å². The summed E-state index contributed by atoms with van der Waals surface area (Å²) in [5, 5.41) is 19.5. The molecule has 0 aliphatic rings. The Kier molecular flexibility index (Phi) is 5.35. The maximum absolute atomic E-state index is 9.63. The highest BCUT2D eigenvalue weighted by Gasteiger charge is 2.15. The third-order valence-electron chi connectivity index (χ3n) is 3.71. The second kappa shape index (κ2) is 7.66. The van der Waals surface area contributed by atoms with Crippen molar-refractivity contribution in [3.05, 3.63) is 66.4 Å². The van der Waals surface area contributed by atoms with Gasteiger partial charge in [-0.3, -0.25) is 4.57 Å². The number of aryl methyl sites for hydroxylation is 1. The van der Waals surface area contributed by atoms with Gasteiger partial charge in [0.1, 0.15) is 0 Å². The molecule has 2 N–H and O–H groups in total. The molecule has 0 fully saturated rings. The zero-order chi connectivity index (χ0) is 16.9. The Morgan fingerprint density at radius 2 is 1.79 bits per heavy atom. The van der Waals surface area contributed by atoms with Gasteiger partial charge in [0.05, 0.1) is 24.6 Å². The summed E-state index contributed by atoms with van der Waals surface area (Å²) in [6.07, 6.45) is 1.10. The molecule has 1 heterocycles. The Morgan fingerprint density at radius 1 is 1.08 bits per heavy atom. The van der Waals surface area contributed by atoms with E-state index in [1.54, 1.807) is 0 Å². The topological polar surface area (TPSA) is 58.3 Å². The van der Waals surface area contributed by atoms with Gasteiger partial charge < -0.3 is 10.2 Å². The minimum atomic E-state index is -0.752. The van der Waals surface area contributed by atoms with Gasteiger partial charge in [0.25, 0.3) is 0 Å². The number of hydrogen-bond donors (Lipinski definition) is 2. The minimum Gasteiger partial charge on any atom is -0.394 e. The molecule has 0 aliphatic heterocycles. The molecule has 0 saturated carbocycles. The zero-order valence-corrected chi connectivity index (χ0v) is 14.3. The highest BCUT2D eigenvalue weighted by atomic mass is 32.2. The van der Waals surface area contributed by atoms with Crippen LogP contribution in [0.25, 0.3) is 16.9 Å². The van der Waals surface area contributed by atoms with Gasteiger partial charge in [0.15, 0.2) is 5.16 Å². The molecule has 0 aliphatic carbocycles. The summed E-state index contributed by atoms with van der Waals surface area (Å²) < 4.78 is 2.09. The molecule has 1 atom stereocenters. The molecule has 0 bridgehead atoms. The van der Waals surface area contributed by atoms with Crippen molar-refractivity contribution in [2.75, 3.05) is 12.4 Å². The first-order valence-corrected chi connectivity index (χ1v) is 8.79. The van der Waals surface area contributed by atoms with Crippen LogP contribution in [0.3, 0.4) is 0 Å². The van der Waals surface area contributed by atoms with Gasteiger partial charge in [-0.15, -0.1) is 0 Å². The lowest BCUT2D eigenvalue weighted by molar-refractivity contribution is 0.113. The van der Waals surface area contributed by atoms with Crippen LogP contribution in [-0.4, -0.2) is 38.2 Å². The van der Waals surface area contributed by atoms with E-state index in [0.29, 0.717) is 5.75 Å². The van der Waals surface area contributed by atoms with Crippen LogP contribution in [-0.2, 0) is 0 Å². The molecule has 0 saturated heterocycles. The highest BCUT2D eigenvalue weighted by molar-refractivity contribution is 7.99. The molecule has 0 spiro atoms. The van der Waals surface area contributed by atoms with Crippen molar-refractivity contribution < 1.29 is 10.2 Å². The lowest BCUT2D eigenvalue weighted by Gasteiger charge is -2.13. The van der Waals surface area contributed by atoms with Crippen molar-refractivity contribution >= 4 is 11.8 Å². The van der Waals surface area contributed by atoms with Gasteiger partial charge in [0.2, 0.25) is 0 Å². The fraction of sp³-hybridized carbons (Fsp3) is 0.211. The Balaban J connectivity index is 2.03. The summed E-state index contributed by atoms with van der Waals surface area (Å²) >= 11 is 1.44. The summed E-state index contributed by atoms with van der Waals surface area (Å²) in [6.45, 7) is 1.81. The van der Waals surface area contributed by atoms with Crippen LogP contribution in [0.1, 0.15) is 5.56 Å². The molecule has 5 heteroatoms. The van der Waals surface area contributed by atoms with E-state index in [0.717, 1.165) is 22.1 Å². The third-order valence-corrected chi connectivity index (χ3v) is 4.80. The molecule has 1 unspecified atom stereocenters. The molecule has 3 rings (SSSR count). The van der Waals surface area contributed by atoms with Crippen LogP contribution in [0.5, 0.6) is 0 Å². The summed E-state index contributed by atoms with van der Waals surface area (Å²) in [6, 6.07) is 18.4. The fourth-order valence-electron chi connectivity index (χ4n) is 2.42. The van der Waals surface area contributed by atoms with E-state index in [-0.39, 0.29) is 6.61 Å². The van der Waals surface area contributed by atoms with E-state index < -0.39 is 6.10 Å². The molecule has 0 amide bonds. The molecule has 4 nitrogen and oxygen atoms in total. The summed E-state index contributed by atoms with van der Waals surface area (Å²) in [5.74, 6) is 0.396. The maximum atomic E-state index is 9.63.